The van der Waals surface area contributed by atoms with Gasteiger partial charge in [-0.3, -0.25) is 15.2 Å². The van der Waals surface area contributed by atoms with E-state index >= 15 is 0 Å². The summed E-state index contributed by atoms with van der Waals surface area (Å²) >= 11 is 0. The van der Waals surface area contributed by atoms with Crippen molar-refractivity contribution in [2.45, 2.75) is 13.5 Å². The monoisotopic (exact) mass is 376 g/mol. The molecule has 4 rings (SSSR count). The number of carbonyl (C=O) groups excluding carboxylic acids is 1. The van der Waals surface area contributed by atoms with Crippen LogP contribution in [0.1, 0.15) is 21.6 Å². The number of aromatic nitrogens is 5. The molecule has 0 saturated heterocycles. The van der Waals surface area contributed by atoms with Crippen molar-refractivity contribution >= 4 is 11.9 Å². The molecule has 0 saturated carbocycles. The Labute approximate surface area is 160 Å². The molecule has 2 N–H and O–H groups in total. The lowest BCUT2D eigenvalue weighted by molar-refractivity contribution is 0.102. The zero-order valence-electron chi connectivity index (χ0n) is 15.1. The fraction of sp³-hybridized carbons (Fsp3) is 0.100. The van der Waals surface area contributed by atoms with E-state index in [0.717, 1.165) is 11.1 Å². The molecule has 0 aliphatic heterocycles. The highest BCUT2D eigenvalue weighted by Gasteiger charge is 2.13. The van der Waals surface area contributed by atoms with Gasteiger partial charge in [0.2, 0.25) is 5.95 Å². The average Bonchev–Trinajstić information content (AvgIpc) is 3.34. The van der Waals surface area contributed by atoms with E-state index in [-0.39, 0.29) is 17.5 Å². The molecular weight excluding hydrogens is 359 g/mol. The summed E-state index contributed by atoms with van der Waals surface area (Å²) in [5.74, 6) is -0.532. The third-order valence-electron chi connectivity index (χ3n) is 4.32. The summed E-state index contributed by atoms with van der Waals surface area (Å²) in [6.45, 7) is 2.60. The molecule has 0 radical (unpaired) electrons. The molecule has 8 heteroatoms. The number of nitrogens with zero attached hydrogens (tertiary/aromatic N) is 4. The topological polar surface area (TPSA) is 88.5 Å². The standard InChI is InChI=1S/C20H17FN6O/c1-13-4-2-3-5-15(13)11-27-12-22-20(26-27)23-19(28)18-10-17(24-25-18)14-6-8-16(21)9-7-14/h2-10,12H,11H2,1H3,(H,24,25)(H,23,26,28). The maximum atomic E-state index is 13.0. The van der Waals surface area contributed by atoms with Crippen LogP contribution in [0.25, 0.3) is 11.3 Å². The quantitative estimate of drug-likeness (QED) is 0.559. The Kier molecular flexibility index (Phi) is 4.67. The Balaban J connectivity index is 1.44. The number of rotatable bonds is 5. The molecule has 1 amide bonds. The summed E-state index contributed by atoms with van der Waals surface area (Å²) in [6, 6.07) is 15.5. The fourth-order valence-electron chi connectivity index (χ4n) is 2.77. The number of aromatic amines is 1. The van der Waals surface area contributed by atoms with Crippen molar-refractivity contribution in [3.05, 3.63) is 83.6 Å². The van der Waals surface area contributed by atoms with Crippen LogP contribution >= 0.6 is 0 Å². The molecule has 7 nitrogen and oxygen atoms in total. The summed E-state index contributed by atoms with van der Waals surface area (Å²) in [5.41, 5.74) is 3.80. The molecule has 140 valence electrons. The van der Waals surface area contributed by atoms with Crippen LogP contribution in [-0.4, -0.2) is 30.9 Å². The molecule has 0 spiro atoms. The second-order valence-corrected chi connectivity index (χ2v) is 6.32. The Morgan fingerprint density at radius 2 is 1.96 bits per heavy atom. The molecule has 4 aromatic rings. The van der Waals surface area contributed by atoms with Gasteiger partial charge in [0.05, 0.1) is 12.2 Å². The van der Waals surface area contributed by atoms with Crippen LogP contribution in [0.15, 0.2) is 60.9 Å². The molecule has 0 fully saturated rings. The highest BCUT2D eigenvalue weighted by molar-refractivity contribution is 6.02. The number of aryl methyl sites for hydroxylation is 1. The lowest BCUT2D eigenvalue weighted by Gasteiger charge is -2.04. The van der Waals surface area contributed by atoms with Gasteiger partial charge >= 0.3 is 0 Å². The Morgan fingerprint density at radius 1 is 1.18 bits per heavy atom. The van der Waals surface area contributed by atoms with Gasteiger partial charge in [-0.1, -0.05) is 24.3 Å². The minimum absolute atomic E-state index is 0.205. The van der Waals surface area contributed by atoms with Crippen molar-refractivity contribution in [3.63, 3.8) is 0 Å². The summed E-state index contributed by atoms with van der Waals surface area (Å²) in [7, 11) is 0. The third-order valence-corrected chi connectivity index (χ3v) is 4.32. The summed E-state index contributed by atoms with van der Waals surface area (Å²) in [4.78, 5) is 16.5. The minimum Gasteiger partial charge on any atom is -0.288 e. The van der Waals surface area contributed by atoms with Gasteiger partial charge in [-0.25, -0.2) is 14.1 Å². The summed E-state index contributed by atoms with van der Waals surface area (Å²) in [6.07, 6.45) is 1.57. The molecule has 0 atom stereocenters. The average molecular weight is 376 g/mol. The zero-order valence-corrected chi connectivity index (χ0v) is 15.1. The molecule has 2 aromatic carbocycles. The Bertz CT molecular complexity index is 1120. The van der Waals surface area contributed by atoms with Crippen molar-refractivity contribution in [3.8, 4) is 11.3 Å². The number of anilines is 1. The van der Waals surface area contributed by atoms with Crippen LogP contribution in [0.5, 0.6) is 0 Å². The number of carbonyl (C=O) groups is 1. The molecule has 0 unspecified atom stereocenters. The van der Waals surface area contributed by atoms with Crippen LogP contribution in [0.3, 0.4) is 0 Å². The highest BCUT2D eigenvalue weighted by atomic mass is 19.1. The van der Waals surface area contributed by atoms with Gasteiger partial charge in [-0.2, -0.15) is 5.10 Å². The maximum absolute atomic E-state index is 13.0. The Hall–Kier alpha value is -3.81. The summed E-state index contributed by atoms with van der Waals surface area (Å²) in [5, 5.41) is 13.7. The van der Waals surface area contributed by atoms with Crippen LogP contribution in [-0.2, 0) is 6.54 Å². The molecule has 0 bridgehead atoms. The number of hydrogen-bond acceptors (Lipinski definition) is 4. The van der Waals surface area contributed by atoms with E-state index in [4.69, 9.17) is 0 Å². The van der Waals surface area contributed by atoms with E-state index in [1.807, 2.05) is 31.2 Å². The smallest absolute Gasteiger partial charge is 0.276 e. The normalized spacial score (nSPS) is 10.8. The molecule has 0 aliphatic carbocycles. The van der Waals surface area contributed by atoms with Crippen LogP contribution in [0.2, 0.25) is 0 Å². The number of H-pyrrole nitrogens is 1. The SMILES string of the molecule is Cc1ccccc1Cn1cnc(NC(=O)c2cc(-c3ccc(F)cc3)n[nH]2)n1. The van der Waals surface area contributed by atoms with E-state index in [1.54, 1.807) is 29.2 Å². The lowest BCUT2D eigenvalue weighted by Crippen LogP contribution is -2.14. The largest absolute Gasteiger partial charge is 0.288 e. The molecule has 2 aromatic heterocycles. The van der Waals surface area contributed by atoms with E-state index < -0.39 is 5.91 Å². The minimum atomic E-state index is -0.408. The van der Waals surface area contributed by atoms with Gasteiger partial charge in [-0.15, -0.1) is 5.10 Å². The number of hydrogen-bond donors (Lipinski definition) is 2. The van der Waals surface area contributed by atoms with Crippen molar-refractivity contribution in [2.75, 3.05) is 5.32 Å². The highest BCUT2D eigenvalue weighted by Crippen LogP contribution is 2.18. The Morgan fingerprint density at radius 3 is 2.75 bits per heavy atom. The van der Waals surface area contributed by atoms with Crippen LogP contribution in [0, 0.1) is 12.7 Å². The van der Waals surface area contributed by atoms with Gasteiger partial charge in [0.1, 0.15) is 17.8 Å². The van der Waals surface area contributed by atoms with E-state index in [0.29, 0.717) is 17.8 Å². The molecule has 28 heavy (non-hydrogen) atoms. The zero-order chi connectivity index (χ0) is 19.5. The van der Waals surface area contributed by atoms with E-state index in [2.05, 4.69) is 25.6 Å². The van der Waals surface area contributed by atoms with Gasteiger partial charge in [-0.05, 0) is 48.4 Å². The van der Waals surface area contributed by atoms with Gasteiger partial charge in [0.25, 0.3) is 5.91 Å². The van der Waals surface area contributed by atoms with Crippen LogP contribution in [0.4, 0.5) is 10.3 Å². The molecule has 0 aliphatic rings. The molecular formula is C20H17FN6O. The van der Waals surface area contributed by atoms with Crippen molar-refractivity contribution in [1.29, 1.82) is 0 Å². The fourth-order valence-corrected chi connectivity index (χ4v) is 2.77. The lowest BCUT2D eigenvalue weighted by atomic mass is 10.1. The number of benzene rings is 2. The van der Waals surface area contributed by atoms with Gasteiger partial charge in [0, 0.05) is 5.56 Å². The first kappa shape index (κ1) is 17.6. The number of amides is 1. The predicted molar refractivity (Wildman–Crippen MR) is 102 cm³/mol. The molecule has 2 heterocycles. The van der Waals surface area contributed by atoms with Crippen molar-refractivity contribution in [2.24, 2.45) is 0 Å². The van der Waals surface area contributed by atoms with Crippen LogP contribution < -0.4 is 5.32 Å². The first-order valence-corrected chi connectivity index (χ1v) is 8.65. The van der Waals surface area contributed by atoms with Crippen molar-refractivity contribution < 1.29 is 9.18 Å². The third kappa shape index (κ3) is 3.80. The second-order valence-electron chi connectivity index (χ2n) is 6.32. The van der Waals surface area contributed by atoms with Gasteiger partial charge in [0.15, 0.2) is 0 Å². The maximum Gasteiger partial charge on any atom is 0.276 e. The number of nitrogens with one attached hydrogen (secondary N) is 2. The van der Waals surface area contributed by atoms with Crippen molar-refractivity contribution in [1.82, 2.24) is 25.0 Å². The van der Waals surface area contributed by atoms with E-state index in [9.17, 15) is 9.18 Å². The first-order chi connectivity index (χ1) is 13.6. The first-order valence-electron chi connectivity index (χ1n) is 8.65. The predicted octanol–water partition coefficient (Wildman–Crippen LogP) is 3.42. The number of halogens is 1. The van der Waals surface area contributed by atoms with E-state index in [1.165, 1.54) is 12.1 Å². The van der Waals surface area contributed by atoms with Gasteiger partial charge < -0.3 is 0 Å². The second kappa shape index (κ2) is 7.43. The summed E-state index contributed by atoms with van der Waals surface area (Å²) < 4.78 is 14.7.